The molecule has 2 saturated carbocycles. The van der Waals surface area contributed by atoms with Crippen LogP contribution in [0.1, 0.15) is 38.5 Å². The number of para-hydroxylation sites is 2. The first-order valence-electron chi connectivity index (χ1n) is 11.5. The van der Waals surface area contributed by atoms with Crippen LogP contribution in [-0.2, 0) is 9.53 Å². The van der Waals surface area contributed by atoms with Crippen LogP contribution in [0.3, 0.4) is 0 Å². The van der Waals surface area contributed by atoms with E-state index in [0.717, 1.165) is 24.3 Å². The summed E-state index contributed by atoms with van der Waals surface area (Å²) in [7, 11) is 0. The Balaban J connectivity index is 1.18. The van der Waals surface area contributed by atoms with Gasteiger partial charge in [0.1, 0.15) is 23.7 Å². The Morgan fingerprint density at radius 2 is 1.28 bits per heavy atom. The van der Waals surface area contributed by atoms with Crippen molar-refractivity contribution >= 4 is 5.97 Å². The molecule has 6 nitrogen and oxygen atoms in total. The van der Waals surface area contributed by atoms with Crippen LogP contribution in [0.4, 0.5) is 0 Å². The van der Waals surface area contributed by atoms with E-state index in [-0.39, 0.29) is 30.0 Å². The van der Waals surface area contributed by atoms with Crippen molar-refractivity contribution < 1.29 is 29.2 Å². The van der Waals surface area contributed by atoms with Crippen molar-refractivity contribution in [2.24, 2.45) is 11.8 Å². The van der Waals surface area contributed by atoms with E-state index >= 15 is 0 Å². The second-order valence-electron chi connectivity index (χ2n) is 8.89. The summed E-state index contributed by atoms with van der Waals surface area (Å²) in [5.41, 5.74) is 0. The van der Waals surface area contributed by atoms with Gasteiger partial charge in [0.25, 0.3) is 0 Å². The molecule has 2 aromatic carbocycles. The van der Waals surface area contributed by atoms with Crippen LogP contribution in [0.5, 0.6) is 11.5 Å². The van der Waals surface area contributed by atoms with Gasteiger partial charge in [0, 0.05) is 0 Å². The molecule has 6 atom stereocenters. The third kappa shape index (κ3) is 6.02. The van der Waals surface area contributed by atoms with Gasteiger partial charge in [0.15, 0.2) is 0 Å². The molecule has 6 unspecified atom stereocenters. The summed E-state index contributed by atoms with van der Waals surface area (Å²) in [4.78, 5) is 12.6. The SMILES string of the molecule is O=C(OCC1CCC(Oc2ccccc2)C(O)C1)C1CCC(Oc2ccccc2)C(O)C1. The van der Waals surface area contributed by atoms with Crippen molar-refractivity contribution in [2.75, 3.05) is 6.61 Å². The molecule has 2 N–H and O–H groups in total. The van der Waals surface area contributed by atoms with Crippen molar-refractivity contribution in [1.29, 1.82) is 0 Å². The van der Waals surface area contributed by atoms with Crippen LogP contribution in [-0.4, -0.2) is 47.2 Å². The first-order valence-corrected chi connectivity index (χ1v) is 11.5. The quantitative estimate of drug-likeness (QED) is 0.638. The highest BCUT2D eigenvalue weighted by molar-refractivity contribution is 5.72. The van der Waals surface area contributed by atoms with E-state index in [1.807, 2.05) is 60.7 Å². The number of hydrogen-bond acceptors (Lipinski definition) is 6. The summed E-state index contributed by atoms with van der Waals surface area (Å²) in [5, 5.41) is 21.0. The minimum atomic E-state index is -0.700. The van der Waals surface area contributed by atoms with Crippen LogP contribution in [0.15, 0.2) is 60.7 Å². The molecule has 0 amide bonds. The topological polar surface area (TPSA) is 85.2 Å². The van der Waals surface area contributed by atoms with Crippen LogP contribution in [0.25, 0.3) is 0 Å². The lowest BCUT2D eigenvalue weighted by Gasteiger charge is -2.34. The number of carbonyl (C=O) groups is 1. The highest BCUT2D eigenvalue weighted by Crippen LogP contribution is 2.31. The molecular weight excluding hydrogens is 408 g/mol. The van der Waals surface area contributed by atoms with E-state index in [2.05, 4.69) is 0 Å². The molecule has 2 aliphatic rings. The maximum absolute atomic E-state index is 12.6. The second kappa shape index (κ2) is 10.8. The second-order valence-corrected chi connectivity index (χ2v) is 8.89. The standard InChI is InChI=1S/C26H32O6/c27-22-15-18(11-13-24(22)31-20-7-3-1-4-8-20)17-30-26(29)19-12-14-25(23(28)16-19)32-21-9-5-2-6-10-21/h1-10,18-19,22-25,27-28H,11-17H2. The number of aliphatic hydroxyl groups excluding tert-OH is 2. The van der Waals surface area contributed by atoms with E-state index in [0.29, 0.717) is 32.3 Å². The monoisotopic (exact) mass is 440 g/mol. The summed E-state index contributed by atoms with van der Waals surface area (Å²) >= 11 is 0. The lowest BCUT2D eigenvalue weighted by molar-refractivity contribution is -0.155. The van der Waals surface area contributed by atoms with E-state index in [1.165, 1.54) is 0 Å². The normalized spacial score (nSPS) is 30.3. The summed E-state index contributed by atoms with van der Waals surface area (Å²) in [5.74, 6) is 1.02. The highest BCUT2D eigenvalue weighted by atomic mass is 16.5. The third-order valence-corrected chi connectivity index (χ3v) is 6.47. The number of rotatable bonds is 7. The molecule has 0 saturated heterocycles. The van der Waals surface area contributed by atoms with Crippen LogP contribution in [0.2, 0.25) is 0 Å². The van der Waals surface area contributed by atoms with Crippen LogP contribution >= 0.6 is 0 Å². The van der Waals surface area contributed by atoms with E-state index in [4.69, 9.17) is 14.2 Å². The molecule has 6 heteroatoms. The van der Waals surface area contributed by atoms with Gasteiger partial charge in [-0.1, -0.05) is 36.4 Å². The number of ether oxygens (including phenoxy) is 3. The summed E-state index contributed by atoms with van der Waals surface area (Å²) in [6.45, 7) is 0.296. The molecule has 0 aliphatic heterocycles. The lowest BCUT2D eigenvalue weighted by Crippen LogP contribution is -2.41. The zero-order chi connectivity index (χ0) is 22.3. The number of carbonyl (C=O) groups excluding carboxylic acids is 1. The van der Waals surface area contributed by atoms with Crippen LogP contribution in [0, 0.1) is 11.8 Å². The van der Waals surface area contributed by atoms with Gasteiger partial charge >= 0.3 is 5.97 Å². The van der Waals surface area contributed by atoms with Gasteiger partial charge in [0.05, 0.1) is 24.7 Å². The van der Waals surface area contributed by atoms with Crippen molar-refractivity contribution in [1.82, 2.24) is 0 Å². The van der Waals surface area contributed by atoms with Crippen molar-refractivity contribution in [3.8, 4) is 11.5 Å². The maximum atomic E-state index is 12.6. The minimum Gasteiger partial charge on any atom is -0.488 e. The molecule has 172 valence electrons. The van der Waals surface area contributed by atoms with Crippen molar-refractivity contribution in [2.45, 2.75) is 62.9 Å². The number of hydrogen-bond donors (Lipinski definition) is 2. The van der Waals surface area contributed by atoms with Crippen LogP contribution < -0.4 is 9.47 Å². The highest BCUT2D eigenvalue weighted by Gasteiger charge is 2.36. The fourth-order valence-corrected chi connectivity index (χ4v) is 4.63. The first kappa shape index (κ1) is 22.6. The Labute approximate surface area is 189 Å². The molecule has 0 spiro atoms. The maximum Gasteiger partial charge on any atom is 0.309 e. The third-order valence-electron chi connectivity index (χ3n) is 6.47. The van der Waals surface area contributed by atoms with Gasteiger partial charge < -0.3 is 24.4 Å². The first-order chi connectivity index (χ1) is 15.6. The zero-order valence-electron chi connectivity index (χ0n) is 18.2. The van der Waals surface area contributed by atoms with Gasteiger partial charge in [-0.2, -0.15) is 0 Å². The van der Waals surface area contributed by atoms with Gasteiger partial charge in [0.2, 0.25) is 0 Å². The predicted octanol–water partition coefficient (Wildman–Crippen LogP) is 3.75. The van der Waals surface area contributed by atoms with Crippen molar-refractivity contribution in [3.05, 3.63) is 60.7 Å². The number of aliphatic hydroxyl groups is 2. The molecule has 32 heavy (non-hydrogen) atoms. The number of esters is 1. The van der Waals surface area contributed by atoms with E-state index in [1.54, 1.807) is 0 Å². The molecule has 4 rings (SSSR count). The summed E-state index contributed by atoms with van der Waals surface area (Å²) in [6.07, 6.45) is 1.86. The Morgan fingerprint density at radius 1 is 0.750 bits per heavy atom. The molecule has 0 aromatic heterocycles. The molecule has 2 fully saturated rings. The van der Waals surface area contributed by atoms with Gasteiger partial charge in [-0.15, -0.1) is 0 Å². The van der Waals surface area contributed by atoms with Gasteiger partial charge in [-0.05, 0) is 68.7 Å². The fraction of sp³-hybridized carbons (Fsp3) is 0.500. The Morgan fingerprint density at radius 3 is 1.81 bits per heavy atom. The van der Waals surface area contributed by atoms with E-state index in [9.17, 15) is 15.0 Å². The Hall–Kier alpha value is -2.57. The molecule has 2 aliphatic carbocycles. The zero-order valence-corrected chi connectivity index (χ0v) is 18.2. The van der Waals surface area contributed by atoms with Gasteiger partial charge in [-0.3, -0.25) is 4.79 Å². The smallest absolute Gasteiger partial charge is 0.309 e. The average molecular weight is 441 g/mol. The summed E-state index contributed by atoms with van der Waals surface area (Å²) < 4.78 is 17.4. The van der Waals surface area contributed by atoms with E-state index < -0.39 is 12.2 Å². The lowest BCUT2D eigenvalue weighted by atomic mass is 9.84. The largest absolute Gasteiger partial charge is 0.488 e. The molecular formula is C26H32O6. The molecule has 0 bridgehead atoms. The molecule has 0 heterocycles. The fourth-order valence-electron chi connectivity index (χ4n) is 4.63. The van der Waals surface area contributed by atoms with Gasteiger partial charge in [-0.25, -0.2) is 0 Å². The molecule has 2 aromatic rings. The Bertz CT molecular complexity index is 842. The predicted molar refractivity (Wildman–Crippen MR) is 119 cm³/mol. The summed E-state index contributed by atoms with van der Waals surface area (Å²) in [6, 6.07) is 18.9. The number of benzene rings is 2. The minimum absolute atomic E-state index is 0.118. The Kier molecular flexibility index (Phi) is 7.66. The van der Waals surface area contributed by atoms with Crippen molar-refractivity contribution in [3.63, 3.8) is 0 Å². The molecule has 0 radical (unpaired) electrons. The average Bonchev–Trinajstić information content (AvgIpc) is 2.82.